The third kappa shape index (κ3) is 3.79. The van der Waals surface area contributed by atoms with Gasteiger partial charge in [0.15, 0.2) is 0 Å². The van der Waals surface area contributed by atoms with Gasteiger partial charge in [-0.25, -0.2) is 0 Å². The number of phenolic OH excluding ortho intramolecular Hbond substituents is 1. The fraction of sp³-hybridized carbons (Fsp3) is 0.200. The number of phenols is 1. The van der Waals surface area contributed by atoms with Crippen LogP contribution in [0, 0.1) is 0 Å². The van der Waals surface area contributed by atoms with Crippen LogP contribution in [0.5, 0.6) is 5.75 Å². The lowest BCUT2D eigenvalue weighted by molar-refractivity contribution is 0.263. The van der Waals surface area contributed by atoms with E-state index in [1.165, 1.54) is 5.57 Å². The lowest BCUT2D eigenvalue weighted by atomic mass is 9.99. The minimum Gasteiger partial charge on any atom is -0.508 e. The van der Waals surface area contributed by atoms with E-state index in [0.29, 0.717) is 29.1 Å². The van der Waals surface area contributed by atoms with Gasteiger partial charge in [-0.2, -0.15) is 0 Å². The molecule has 5 nitrogen and oxygen atoms in total. The topological polar surface area (TPSA) is 62.4 Å². The Balaban J connectivity index is 1.40. The van der Waals surface area contributed by atoms with Crippen molar-refractivity contribution < 1.29 is 9.52 Å². The number of hydrogen-bond donors (Lipinski definition) is 1. The molecule has 1 aromatic heterocycles. The molecule has 0 atom stereocenters. The maximum absolute atomic E-state index is 9.40. The van der Waals surface area contributed by atoms with E-state index in [0.717, 1.165) is 30.6 Å². The van der Waals surface area contributed by atoms with Crippen LogP contribution in [0.25, 0.3) is 17.0 Å². The lowest BCUT2D eigenvalue weighted by Crippen LogP contribution is -2.28. The number of aromatic nitrogens is 2. The molecule has 26 heavy (non-hydrogen) atoms. The maximum atomic E-state index is 9.40. The van der Waals surface area contributed by atoms with Crippen molar-refractivity contribution in [2.75, 3.05) is 13.1 Å². The molecule has 0 bridgehead atoms. The van der Waals surface area contributed by atoms with Crippen molar-refractivity contribution in [2.45, 2.75) is 13.0 Å². The molecule has 0 fully saturated rings. The third-order valence-electron chi connectivity index (χ3n) is 4.45. The molecular weight excluding hydrogens is 350 g/mol. The summed E-state index contributed by atoms with van der Waals surface area (Å²) in [6.07, 6.45) is 3.16. The number of halogens is 1. The quantitative estimate of drug-likeness (QED) is 0.741. The summed E-state index contributed by atoms with van der Waals surface area (Å²) in [4.78, 5) is 2.27. The van der Waals surface area contributed by atoms with Gasteiger partial charge in [-0.1, -0.05) is 29.8 Å². The van der Waals surface area contributed by atoms with Crippen LogP contribution in [0.1, 0.15) is 17.9 Å². The summed E-state index contributed by atoms with van der Waals surface area (Å²) >= 11 is 5.91. The Labute approximate surface area is 156 Å². The van der Waals surface area contributed by atoms with E-state index in [4.69, 9.17) is 16.0 Å². The average molecular weight is 368 g/mol. The predicted molar refractivity (Wildman–Crippen MR) is 101 cm³/mol. The predicted octanol–water partition coefficient (Wildman–Crippen LogP) is 4.38. The summed E-state index contributed by atoms with van der Waals surface area (Å²) in [7, 11) is 0. The zero-order chi connectivity index (χ0) is 17.9. The van der Waals surface area contributed by atoms with E-state index in [1.54, 1.807) is 24.3 Å². The monoisotopic (exact) mass is 367 g/mol. The number of benzene rings is 2. The number of hydrogen-bond acceptors (Lipinski definition) is 5. The summed E-state index contributed by atoms with van der Waals surface area (Å²) in [5, 5.41) is 18.4. The average Bonchev–Trinajstić information content (AvgIpc) is 3.12. The van der Waals surface area contributed by atoms with Crippen LogP contribution >= 0.6 is 11.6 Å². The Hall–Kier alpha value is -2.63. The molecule has 3 aromatic rings. The van der Waals surface area contributed by atoms with E-state index >= 15 is 0 Å². The first-order chi connectivity index (χ1) is 12.7. The Bertz CT molecular complexity index is 917. The molecule has 0 amide bonds. The van der Waals surface area contributed by atoms with E-state index in [2.05, 4.69) is 21.2 Å². The van der Waals surface area contributed by atoms with Gasteiger partial charge in [-0.05, 0) is 54.0 Å². The highest BCUT2D eigenvalue weighted by atomic mass is 35.5. The highest BCUT2D eigenvalue weighted by Crippen LogP contribution is 2.25. The third-order valence-corrected chi connectivity index (χ3v) is 4.70. The highest BCUT2D eigenvalue weighted by Gasteiger charge is 2.16. The van der Waals surface area contributed by atoms with Gasteiger partial charge in [0, 0.05) is 23.7 Å². The fourth-order valence-electron chi connectivity index (χ4n) is 3.01. The summed E-state index contributed by atoms with van der Waals surface area (Å²) in [5.74, 6) is 1.41. The molecule has 6 heteroatoms. The summed E-state index contributed by atoms with van der Waals surface area (Å²) in [5.41, 5.74) is 3.32. The van der Waals surface area contributed by atoms with Crippen LogP contribution in [0.3, 0.4) is 0 Å². The molecule has 2 heterocycles. The van der Waals surface area contributed by atoms with Crippen molar-refractivity contribution in [2.24, 2.45) is 0 Å². The highest BCUT2D eigenvalue weighted by molar-refractivity contribution is 6.30. The first-order valence-corrected chi connectivity index (χ1v) is 8.84. The second-order valence-corrected chi connectivity index (χ2v) is 6.71. The minimum atomic E-state index is 0.291. The molecule has 1 N–H and O–H groups in total. The Morgan fingerprint density at radius 3 is 2.42 bits per heavy atom. The van der Waals surface area contributed by atoms with Crippen molar-refractivity contribution in [3.63, 3.8) is 0 Å². The van der Waals surface area contributed by atoms with Gasteiger partial charge in [-0.3, -0.25) is 4.90 Å². The van der Waals surface area contributed by atoms with Crippen LogP contribution in [-0.4, -0.2) is 33.3 Å². The Morgan fingerprint density at radius 1 is 1.00 bits per heavy atom. The van der Waals surface area contributed by atoms with E-state index in [1.807, 2.05) is 24.3 Å². The van der Waals surface area contributed by atoms with Gasteiger partial charge in [0.1, 0.15) is 5.75 Å². The molecule has 1 aliphatic rings. The molecule has 4 rings (SSSR count). The second kappa shape index (κ2) is 7.32. The van der Waals surface area contributed by atoms with Crippen molar-refractivity contribution >= 4 is 17.2 Å². The van der Waals surface area contributed by atoms with Crippen LogP contribution < -0.4 is 0 Å². The van der Waals surface area contributed by atoms with Gasteiger partial charge in [-0.15, -0.1) is 10.2 Å². The SMILES string of the molecule is Oc1ccc(C2=CCN(Cc3nnc(-c4ccc(Cl)cc4)o3)CC2)cc1. The van der Waals surface area contributed by atoms with Crippen molar-refractivity contribution in [3.05, 3.63) is 71.1 Å². The molecule has 0 spiro atoms. The van der Waals surface area contributed by atoms with Crippen LogP contribution in [0.4, 0.5) is 0 Å². The van der Waals surface area contributed by atoms with Crippen molar-refractivity contribution in [3.8, 4) is 17.2 Å². The van der Waals surface area contributed by atoms with Crippen LogP contribution in [-0.2, 0) is 6.54 Å². The largest absolute Gasteiger partial charge is 0.508 e. The molecule has 0 aliphatic carbocycles. The van der Waals surface area contributed by atoms with Crippen molar-refractivity contribution in [1.82, 2.24) is 15.1 Å². The zero-order valence-corrected chi connectivity index (χ0v) is 14.9. The van der Waals surface area contributed by atoms with Gasteiger partial charge < -0.3 is 9.52 Å². The summed E-state index contributed by atoms with van der Waals surface area (Å²) in [6.45, 7) is 2.38. The van der Waals surface area contributed by atoms with Gasteiger partial charge >= 0.3 is 0 Å². The lowest BCUT2D eigenvalue weighted by Gasteiger charge is -2.25. The fourth-order valence-corrected chi connectivity index (χ4v) is 3.14. The van der Waals surface area contributed by atoms with E-state index in [-0.39, 0.29) is 0 Å². The molecule has 1 aliphatic heterocycles. The van der Waals surface area contributed by atoms with Crippen LogP contribution in [0.2, 0.25) is 5.02 Å². The van der Waals surface area contributed by atoms with Gasteiger partial charge in [0.05, 0.1) is 6.54 Å². The molecule has 0 saturated heterocycles. The van der Waals surface area contributed by atoms with Gasteiger partial charge in [0.2, 0.25) is 11.8 Å². The van der Waals surface area contributed by atoms with E-state index < -0.39 is 0 Å². The smallest absolute Gasteiger partial charge is 0.247 e. The molecule has 2 aromatic carbocycles. The first-order valence-electron chi connectivity index (χ1n) is 8.46. The molecule has 0 saturated carbocycles. The first kappa shape index (κ1) is 16.8. The minimum absolute atomic E-state index is 0.291. The van der Waals surface area contributed by atoms with Crippen molar-refractivity contribution in [1.29, 1.82) is 0 Å². The second-order valence-electron chi connectivity index (χ2n) is 6.27. The molecular formula is C20H18ClN3O2. The Morgan fingerprint density at radius 2 is 1.73 bits per heavy atom. The van der Waals surface area contributed by atoms with E-state index in [9.17, 15) is 5.11 Å². The number of nitrogens with zero attached hydrogens (tertiary/aromatic N) is 3. The number of aromatic hydroxyl groups is 1. The maximum Gasteiger partial charge on any atom is 0.247 e. The van der Waals surface area contributed by atoms with Crippen LogP contribution in [0.15, 0.2) is 59.0 Å². The molecule has 132 valence electrons. The number of rotatable bonds is 4. The van der Waals surface area contributed by atoms with Gasteiger partial charge in [0.25, 0.3) is 0 Å². The molecule has 0 radical (unpaired) electrons. The molecule has 0 unspecified atom stereocenters. The summed E-state index contributed by atoms with van der Waals surface area (Å²) in [6, 6.07) is 14.7. The summed E-state index contributed by atoms with van der Waals surface area (Å²) < 4.78 is 5.78. The standard InChI is InChI=1S/C20H18ClN3O2/c21-17-5-1-16(2-6-17)20-23-22-19(26-20)13-24-11-9-15(10-12-24)14-3-7-18(25)8-4-14/h1-9,25H,10-13H2. The zero-order valence-electron chi connectivity index (χ0n) is 14.1. The normalized spacial score (nSPS) is 15.0. The Kier molecular flexibility index (Phi) is 4.73.